The summed E-state index contributed by atoms with van der Waals surface area (Å²) in [6.07, 6.45) is -8.01. The minimum absolute atomic E-state index is 0.0728. The highest BCUT2D eigenvalue weighted by Gasteiger charge is 2.38. The van der Waals surface area contributed by atoms with Gasteiger partial charge in [0, 0.05) is 19.6 Å². The van der Waals surface area contributed by atoms with Crippen molar-refractivity contribution < 1.29 is 50.6 Å². The van der Waals surface area contributed by atoms with Gasteiger partial charge in [-0.3, -0.25) is 19.7 Å². The Morgan fingerprint density at radius 1 is 0.933 bits per heavy atom. The summed E-state index contributed by atoms with van der Waals surface area (Å²) in [5, 5.41) is 12.8. The molecule has 1 aliphatic heterocycles. The molecule has 248 valence electrons. The second kappa shape index (κ2) is 18.5. The number of carbonyl (C=O) groups is 4. The summed E-state index contributed by atoms with van der Waals surface area (Å²) >= 11 is 0.896. The summed E-state index contributed by atoms with van der Waals surface area (Å²) < 4.78 is 68.9. The molecule has 0 aromatic heterocycles. The van der Waals surface area contributed by atoms with Gasteiger partial charge in [-0.25, -0.2) is 4.79 Å². The SMILES string of the molecule is O=C(Cc1ccccc1)NC(=O)[C@H](CCCSCC(=O)C(F)(F)F)NCCN1CCC(c2ccccc2)C1.O=C(O)C(F)(F)F. The highest BCUT2D eigenvalue weighted by Crippen LogP contribution is 2.26. The first-order chi connectivity index (χ1) is 21.2. The molecule has 1 heterocycles. The number of aliphatic carboxylic acids is 1. The maximum atomic E-state index is 12.9. The predicted octanol–water partition coefficient (Wildman–Crippen LogP) is 4.60. The average Bonchev–Trinajstić information content (AvgIpc) is 3.45. The van der Waals surface area contributed by atoms with Gasteiger partial charge in [-0.05, 0) is 48.6 Å². The Morgan fingerprint density at radius 3 is 2.11 bits per heavy atom. The van der Waals surface area contributed by atoms with Crippen molar-refractivity contribution in [1.82, 2.24) is 15.5 Å². The van der Waals surface area contributed by atoms with E-state index in [0.717, 1.165) is 43.4 Å². The van der Waals surface area contributed by atoms with Crippen molar-refractivity contribution in [3.05, 3.63) is 71.8 Å². The van der Waals surface area contributed by atoms with E-state index in [4.69, 9.17) is 9.90 Å². The van der Waals surface area contributed by atoms with E-state index in [1.807, 2.05) is 36.4 Å². The number of amides is 2. The second-order valence-corrected chi connectivity index (χ2v) is 11.3. The Bertz CT molecular complexity index is 1230. The highest BCUT2D eigenvalue weighted by atomic mass is 32.2. The number of imide groups is 1. The molecule has 0 bridgehead atoms. The Labute approximate surface area is 260 Å². The number of alkyl halides is 6. The zero-order valence-electron chi connectivity index (χ0n) is 24.2. The number of Topliss-reactive ketones (excluding diaryl/α,β-unsaturated/α-hetero) is 1. The molecule has 1 aliphatic rings. The van der Waals surface area contributed by atoms with Crippen LogP contribution in [0.15, 0.2) is 60.7 Å². The van der Waals surface area contributed by atoms with Gasteiger partial charge in [0.2, 0.25) is 17.6 Å². The molecule has 0 aliphatic carbocycles. The number of hydrogen-bond donors (Lipinski definition) is 3. The fourth-order valence-corrected chi connectivity index (χ4v) is 5.31. The van der Waals surface area contributed by atoms with Crippen LogP contribution in [0.4, 0.5) is 26.3 Å². The lowest BCUT2D eigenvalue weighted by Gasteiger charge is -2.21. The van der Waals surface area contributed by atoms with Crippen LogP contribution < -0.4 is 10.6 Å². The average molecular weight is 664 g/mol. The van der Waals surface area contributed by atoms with E-state index in [9.17, 15) is 40.7 Å². The monoisotopic (exact) mass is 663 g/mol. The van der Waals surface area contributed by atoms with Crippen molar-refractivity contribution in [3.8, 4) is 0 Å². The van der Waals surface area contributed by atoms with Crippen LogP contribution in [0.1, 0.15) is 36.3 Å². The number of rotatable bonds is 14. The predicted molar refractivity (Wildman–Crippen MR) is 157 cm³/mol. The molecule has 1 saturated heterocycles. The number of benzene rings is 2. The van der Waals surface area contributed by atoms with Gasteiger partial charge in [0.25, 0.3) is 0 Å². The number of carboxylic acid groups (broad SMARTS) is 1. The van der Waals surface area contributed by atoms with Crippen molar-refractivity contribution >= 4 is 35.3 Å². The molecular weight excluding hydrogens is 628 g/mol. The zero-order valence-corrected chi connectivity index (χ0v) is 25.0. The van der Waals surface area contributed by atoms with Crippen LogP contribution in [-0.4, -0.2) is 89.7 Å². The maximum Gasteiger partial charge on any atom is 0.490 e. The molecule has 2 amide bonds. The van der Waals surface area contributed by atoms with Gasteiger partial charge in [0.05, 0.1) is 18.2 Å². The molecule has 45 heavy (non-hydrogen) atoms. The molecule has 8 nitrogen and oxygen atoms in total. The summed E-state index contributed by atoms with van der Waals surface area (Å²) in [7, 11) is 0. The Morgan fingerprint density at radius 2 is 1.53 bits per heavy atom. The van der Waals surface area contributed by atoms with E-state index in [1.54, 1.807) is 12.1 Å². The minimum Gasteiger partial charge on any atom is -0.475 e. The number of thioether (sulfide) groups is 1. The molecule has 15 heteroatoms. The first kappa shape index (κ1) is 37.8. The number of nitrogens with zero attached hydrogens (tertiary/aromatic N) is 1. The number of hydrogen-bond acceptors (Lipinski definition) is 7. The third-order valence-corrected chi connectivity index (χ3v) is 7.77. The first-order valence-electron chi connectivity index (χ1n) is 14.0. The van der Waals surface area contributed by atoms with Crippen molar-refractivity contribution in [2.75, 3.05) is 37.7 Å². The summed E-state index contributed by atoms with van der Waals surface area (Å²) in [6, 6.07) is 18.8. The molecule has 0 saturated carbocycles. The van der Waals surface area contributed by atoms with E-state index < -0.39 is 47.7 Å². The van der Waals surface area contributed by atoms with Gasteiger partial charge in [-0.1, -0.05) is 60.7 Å². The molecule has 2 atom stereocenters. The third-order valence-electron chi connectivity index (χ3n) is 6.72. The Balaban J connectivity index is 0.000000900. The number of likely N-dealkylation sites (tertiary alicyclic amines) is 1. The largest absolute Gasteiger partial charge is 0.490 e. The topological polar surface area (TPSA) is 116 Å². The number of carbonyl (C=O) groups excluding carboxylic acids is 3. The molecule has 2 aromatic carbocycles. The molecule has 0 spiro atoms. The van der Waals surface area contributed by atoms with Crippen molar-refractivity contribution in [2.24, 2.45) is 0 Å². The lowest BCUT2D eigenvalue weighted by Crippen LogP contribution is -2.48. The molecule has 1 fully saturated rings. The zero-order chi connectivity index (χ0) is 33.5. The van der Waals surface area contributed by atoms with Gasteiger partial charge in [-0.15, -0.1) is 0 Å². The molecule has 0 radical (unpaired) electrons. The first-order valence-corrected chi connectivity index (χ1v) is 15.2. The molecule has 2 aromatic rings. The van der Waals surface area contributed by atoms with E-state index in [0.29, 0.717) is 31.1 Å². The number of carboxylic acids is 1. The third kappa shape index (κ3) is 14.9. The van der Waals surface area contributed by atoms with Crippen LogP contribution >= 0.6 is 11.8 Å². The van der Waals surface area contributed by atoms with Crippen LogP contribution in [0.25, 0.3) is 0 Å². The van der Waals surface area contributed by atoms with Crippen LogP contribution in [-0.2, 0) is 25.6 Å². The fraction of sp³-hybridized carbons (Fsp3) is 0.467. The fourth-order valence-electron chi connectivity index (χ4n) is 4.44. The smallest absolute Gasteiger partial charge is 0.475 e. The van der Waals surface area contributed by atoms with Gasteiger partial charge in [0.15, 0.2) is 0 Å². The van der Waals surface area contributed by atoms with E-state index >= 15 is 0 Å². The normalized spacial score (nSPS) is 15.9. The molecule has 1 unspecified atom stereocenters. The summed E-state index contributed by atoms with van der Waals surface area (Å²) in [6.45, 7) is 3.16. The van der Waals surface area contributed by atoms with Crippen LogP contribution in [0.3, 0.4) is 0 Å². The van der Waals surface area contributed by atoms with Crippen LogP contribution in [0.5, 0.6) is 0 Å². The van der Waals surface area contributed by atoms with Gasteiger partial charge >= 0.3 is 18.3 Å². The van der Waals surface area contributed by atoms with Crippen molar-refractivity contribution in [2.45, 2.75) is 50.0 Å². The standard InChI is InChI=1S/C28H34F3N3O3S.C2HF3O2/c29-28(30,31)25(35)20-38-17-7-12-24(27(37)33-26(36)18-21-8-3-1-4-9-21)32-14-16-34-15-13-23(19-34)22-10-5-2-6-11-22;3-2(4,5)1(6)7/h1-6,8-11,23-24,32H,7,12-20H2,(H,33,36,37);(H,6,7)/t23?,24-;/m0./s1. The lowest BCUT2D eigenvalue weighted by molar-refractivity contribution is -0.192. The lowest BCUT2D eigenvalue weighted by atomic mass is 9.99. The highest BCUT2D eigenvalue weighted by molar-refractivity contribution is 7.99. The molecule has 3 N–H and O–H groups in total. The number of nitrogens with one attached hydrogen (secondary N) is 2. The quantitative estimate of drug-likeness (QED) is 0.199. The number of ketones is 1. The van der Waals surface area contributed by atoms with Gasteiger partial charge in [-0.2, -0.15) is 38.1 Å². The molecule has 3 rings (SSSR count). The minimum atomic E-state index is -5.08. The van der Waals surface area contributed by atoms with E-state index in [1.165, 1.54) is 5.56 Å². The maximum absolute atomic E-state index is 12.9. The Hall–Kier alpha value is -3.43. The van der Waals surface area contributed by atoms with Crippen LogP contribution in [0.2, 0.25) is 0 Å². The van der Waals surface area contributed by atoms with Gasteiger partial charge < -0.3 is 15.3 Å². The van der Waals surface area contributed by atoms with E-state index in [-0.39, 0.29) is 6.42 Å². The van der Waals surface area contributed by atoms with Gasteiger partial charge in [0.1, 0.15) is 0 Å². The number of halogens is 6. The van der Waals surface area contributed by atoms with Crippen LogP contribution in [0, 0.1) is 0 Å². The molecular formula is C30H35F6N3O5S. The summed E-state index contributed by atoms with van der Waals surface area (Å²) in [5.41, 5.74) is 2.11. The van der Waals surface area contributed by atoms with Crippen molar-refractivity contribution in [3.63, 3.8) is 0 Å². The Kier molecular flexibility index (Phi) is 15.5. The van der Waals surface area contributed by atoms with Crippen molar-refractivity contribution in [1.29, 1.82) is 0 Å². The second-order valence-electron chi connectivity index (χ2n) is 10.2. The summed E-state index contributed by atoms with van der Waals surface area (Å²) in [4.78, 5) is 47.6. The summed E-state index contributed by atoms with van der Waals surface area (Å²) in [5.74, 6) is -5.25. The van der Waals surface area contributed by atoms with E-state index in [2.05, 4.69) is 27.7 Å².